The Bertz CT molecular complexity index is 1560. The summed E-state index contributed by atoms with van der Waals surface area (Å²) in [5.41, 5.74) is 5.97. The number of benzene rings is 2. The van der Waals surface area contributed by atoms with Crippen molar-refractivity contribution in [1.82, 2.24) is 29.7 Å². The molecular formula is C26H24ClN7O2. The minimum absolute atomic E-state index is 0.241. The summed E-state index contributed by atoms with van der Waals surface area (Å²) in [6.45, 7) is 0.185. The lowest BCUT2D eigenvalue weighted by molar-refractivity contribution is -0.121. The molecule has 3 heterocycles. The van der Waals surface area contributed by atoms with Gasteiger partial charge in [0, 0.05) is 41.3 Å². The lowest BCUT2D eigenvalue weighted by atomic mass is 10.1. The first-order valence-corrected chi connectivity index (χ1v) is 11.9. The average molecular weight is 502 g/mol. The number of carbonyl (C=O) groups excluding carboxylic acids is 1. The maximum Gasteiger partial charge on any atom is 0.346 e. The monoisotopic (exact) mass is 501 g/mol. The van der Waals surface area contributed by atoms with Crippen molar-refractivity contribution in [2.24, 2.45) is 5.10 Å². The summed E-state index contributed by atoms with van der Waals surface area (Å²) in [6.07, 6.45) is 6.28. The Morgan fingerprint density at radius 2 is 1.92 bits per heavy atom. The molecule has 0 saturated carbocycles. The van der Waals surface area contributed by atoms with E-state index in [-0.39, 0.29) is 12.2 Å². The number of H-pyrrole nitrogens is 2. The first-order valence-electron chi connectivity index (χ1n) is 11.5. The lowest BCUT2D eigenvalue weighted by Gasteiger charge is -2.06. The van der Waals surface area contributed by atoms with Crippen molar-refractivity contribution in [2.75, 3.05) is 0 Å². The third kappa shape index (κ3) is 5.31. The van der Waals surface area contributed by atoms with Crippen molar-refractivity contribution in [3.8, 4) is 0 Å². The molecule has 36 heavy (non-hydrogen) atoms. The van der Waals surface area contributed by atoms with E-state index in [1.807, 2.05) is 48.7 Å². The standard InChI is InChI=1S/C26H24ClN7O2/c27-20-9-7-18(8-10-20)14-24-32-34(17-25(35)31-30-16-21-4-3-12-28-21)26(36)33(24)13-11-19-15-29-23-6-2-1-5-22(19)23/h1-10,12,15-16,28-29H,11,13-14,17H2,(H,31,35)/b30-16+. The first-order chi connectivity index (χ1) is 17.6. The molecular weight excluding hydrogens is 478 g/mol. The Morgan fingerprint density at radius 3 is 2.72 bits per heavy atom. The fraction of sp³-hybridized carbons (Fsp3) is 0.154. The number of hydrogen-bond acceptors (Lipinski definition) is 4. The van der Waals surface area contributed by atoms with Crippen molar-refractivity contribution in [3.63, 3.8) is 0 Å². The molecule has 0 bridgehead atoms. The Kier molecular flexibility index (Phi) is 6.81. The van der Waals surface area contributed by atoms with Gasteiger partial charge >= 0.3 is 5.69 Å². The molecule has 10 heteroatoms. The first kappa shape index (κ1) is 23.4. The van der Waals surface area contributed by atoms with E-state index in [0.717, 1.165) is 27.7 Å². The number of aryl methyl sites for hydroxylation is 1. The van der Waals surface area contributed by atoms with E-state index < -0.39 is 5.91 Å². The Labute approximate surface area is 211 Å². The third-order valence-electron chi connectivity index (χ3n) is 5.86. The fourth-order valence-corrected chi connectivity index (χ4v) is 4.20. The van der Waals surface area contributed by atoms with Crippen molar-refractivity contribution in [3.05, 3.63) is 111 Å². The number of carbonyl (C=O) groups is 1. The molecule has 0 saturated heterocycles. The molecule has 182 valence electrons. The number of halogens is 1. The predicted octanol–water partition coefficient (Wildman–Crippen LogP) is 3.49. The van der Waals surface area contributed by atoms with Gasteiger partial charge in [-0.15, -0.1) is 0 Å². The number of fused-ring (bicyclic) bond motifs is 1. The summed E-state index contributed by atoms with van der Waals surface area (Å²) in [5, 5.41) is 10.2. The number of nitrogens with one attached hydrogen (secondary N) is 3. The molecule has 3 N–H and O–H groups in total. The lowest BCUT2D eigenvalue weighted by Crippen LogP contribution is -2.32. The van der Waals surface area contributed by atoms with E-state index in [2.05, 4.69) is 31.7 Å². The van der Waals surface area contributed by atoms with Crippen molar-refractivity contribution in [1.29, 1.82) is 0 Å². The van der Waals surface area contributed by atoms with Crippen LogP contribution in [0.3, 0.4) is 0 Å². The second-order valence-corrected chi connectivity index (χ2v) is 8.78. The van der Waals surface area contributed by atoms with Crippen LogP contribution in [-0.2, 0) is 30.7 Å². The van der Waals surface area contributed by atoms with Crippen LogP contribution in [0.1, 0.15) is 22.6 Å². The van der Waals surface area contributed by atoms with Crippen LogP contribution in [0.25, 0.3) is 10.9 Å². The minimum atomic E-state index is -0.445. The highest BCUT2D eigenvalue weighted by Gasteiger charge is 2.17. The summed E-state index contributed by atoms with van der Waals surface area (Å²) in [4.78, 5) is 31.9. The molecule has 2 aromatic carbocycles. The topological polar surface area (TPSA) is 113 Å². The van der Waals surface area contributed by atoms with E-state index in [1.165, 1.54) is 10.9 Å². The molecule has 5 aromatic rings. The van der Waals surface area contributed by atoms with Gasteiger partial charge in [-0.25, -0.2) is 14.9 Å². The normalized spacial score (nSPS) is 11.5. The van der Waals surface area contributed by atoms with Crippen LogP contribution in [0.2, 0.25) is 5.02 Å². The van der Waals surface area contributed by atoms with Gasteiger partial charge in [0.2, 0.25) is 0 Å². The maximum atomic E-state index is 13.3. The SMILES string of the molecule is O=C(Cn1nc(Cc2ccc(Cl)cc2)n(CCc2c[nH]c3ccccc23)c1=O)N/N=C/c1ccc[nH]1. The van der Waals surface area contributed by atoms with Crippen LogP contribution >= 0.6 is 11.6 Å². The zero-order chi connectivity index (χ0) is 24.9. The van der Waals surface area contributed by atoms with Gasteiger partial charge in [-0.1, -0.05) is 41.9 Å². The Morgan fingerprint density at radius 1 is 1.08 bits per heavy atom. The van der Waals surface area contributed by atoms with Gasteiger partial charge in [0.15, 0.2) is 0 Å². The molecule has 0 unspecified atom stereocenters. The summed E-state index contributed by atoms with van der Waals surface area (Å²) in [7, 11) is 0. The molecule has 1 amide bonds. The molecule has 0 aliphatic rings. The van der Waals surface area contributed by atoms with Crippen LogP contribution < -0.4 is 11.1 Å². The number of hydrazone groups is 1. The highest BCUT2D eigenvalue weighted by molar-refractivity contribution is 6.30. The quantitative estimate of drug-likeness (QED) is 0.212. The Balaban J connectivity index is 1.37. The van der Waals surface area contributed by atoms with Gasteiger partial charge in [-0.3, -0.25) is 9.36 Å². The van der Waals surface area contributed by atoms with Crippen LogP contribution in [0.4, 0.5) is 0 Å². The number of aromatic nitrogens is 5. The molecule has 0 aliphatic heterocycles. The van der Waals surface area contributed by atoms with Crippen molar-refractivity contribution in [2.45, 2.75) is 25.9 Å². The summed E-state index contributed by atoms with van der Waals surface area (Å²) in [5.74, 6) is 0.129. The zero-order valence-electron chi connectivity index (χ0n) is 19.3. The van der Waals surface area contributed by atoms with E-state index in [0.29, 0.717) is 30.2 Å². The number of rotatable bonds is 9. The van der Waals surface area contributed by atoms with E-state index in [1.54, 1.807) is 22.9 Å². The predicted molar refractivity (Wildman–Crippen MR) is 139 cm³/mol. The molecule has 0 spiro atoms. The van der Waals surface area contributed by atoms with Gasteiger partial charge in [-0.05, 0) is 47.9 Å². The number of amides is 1. The molecule has 0 radical (unpaired) electrons. The second kappa shape index (κ2) is 10.5. The smallest absolute Gasteiger partial charge is 0.346 e. The maximum absolute atomic E-state index is 13.3. The highest BCUT2D eigenvalue weighted by Crippen LogP contribution is 2.19. The fourth-order valence-electron chi connectivity index (χ4n) is 4.07. The van der Waals surface area contributed by atoms with Crippen molar-refractivity contribution < 1.29 is 4.79 Å². The molecule has 3 aromatic heterocycles. The van der Waals surface area contributed by atoms with Gasteiger partial charge < -0.3 is 9.97 Å². The summed E-state index contributed by atoms with van der Waals surface area (Å²) >= 11 is 6.03. The summed E-state index contributed by atoms with van der Waals surface area (Å²) in [6, 6.07) is 19.1. The van der Waals surface area contributed by atoms with E-state index in [9.17, 15) is 9.59 Å². The van der Waals surface area contributed by atoms with Gasteiger partial charge in [0.1, 0.15) is 12.4 Å². The zero-order valence-corrected chi connectivity index (χ0v) is 20.1. The molecule has 5 rings (SSSR count). The summed E-state index contributed by atoms with van der Waals surface area (Å²) < 4.78 is 2.81. The highest BCUT2D eigenvalue weighted by atomic mass is 35.5. The van der Waals surface area contributed by atoms with Crippen molar-refractivity contribution >= 4 is 34.6 Å². The van der Waals surface area contributed by atoms with Gasteiger partial charge in [0.05, 0.1) is 11.9 Å². The van der Waals surface area contributed by atoms with Crippen LogP contribution in [0.15, 0.2) is 83.0 Å². The number of nitrogens with zero attached hydrogens (tertiary/aromatic N) is 4. The Hall–Kier alpha value is -4.37. The largest absolute Gasteiger partial charge is 0.361 e. The number of aromatic amines is 2. The van der Waals surface area contributed by atoms with E-state index >= 15 is 0 Å². The second-order valence-electron chi connectivity index (χ2n) is 8.34. The molecule has 0 atom stereocenters. The van der Waals surface area contributed by atoms with Crippen LogP contribution in [-0.4, -0.2) is 36.4 Å². The van der Waals surface area contributed by atoms with Gasteiger partial charge in [0.25, 0.3) is 5.91 Å². The van der Waals surface area contributed by atoms with E-state index in [4.69, 9.17) is 11.6 Å². The third-order valence-corrected chi connectivity index (χ3v) is 6.11. The minimum Gasteiger partial charge on any atom is -0.361 e. The molecule has 9 nitrogen and oxygen atoms in total. The van der Waals surface area contributed by atoms with Crippen LogP contribution in [0, 0.1) is 0 Å². The van der Waals surface area contributed by atoms with Crippen LogP contribution in [0.5, 0.6) is 0 Å². The molecule has 0 aliphatic carbocycles. The molecule has 0 fully saturated rings. The average Bonchev–Trinajstić information content (AvgIpc) is 3.60. The number of hydrogen-bond donors (Lipinski definition) is 3. The number of para-hydroxylation sites is 1. The van der Waals surface area contributed by atoms with Gasteiger partial charge in [-0.2, -0.15) is 10.2 Å².